The monoisotopic (exact) mass is 288 g/mol. The Morgan fingerprint density at radius 1 is 1.19 bits per heavy atom. The zero-order chi connectivity index (χ0) is 14.7. The summed E-state index contributed by atoms with van der Waals surface area (Å²) in [6.45, 7) is 9.69. The zero-order valence-corrected chi connectivity index (χ0v) is 12.9. The Morgan fingerprint density at radius 2 is 1.95 bits per heavy atom. The van der Waals surface area contributed by atoms with Crippen LogP contribution in [0.5, 0.6) is 0 Å². The van der Waals surface area contributed by atoms with Crippen molar-refractivity contribution < 1.29 is 9.15 Å². The Kier molecular flexibility index (Phi) is 4.58. The summed E-state index contributed by atoms with van der Waals surface area (Å²) in [5.74, 6) is 1.07. The second kappa shape index (κ2) is 6.60. The summed E-state index contributed by atoms with van der Waals surface area (Å²) in [5.41, 5.74) is 2.31. The van der Waals surface area contributed by atoms with E-state index < -0.39 is 0 Å². The highest BCUT2D eigenvalue weighted by molar-refractivity contribution is 5.82. The van der Waals surface area contributed by atoms with Crippen LogP contribution in [0.15, 0.2) is 28.7 Å². The zero-order valence-electron chi connectivity index (χ0n) is 12.9. The van der Waals surface area contributed by atoms with E-state index in [1.165, 1.54) is 10.9 Å². The third kappa shape index (κ3) is 3.46. The molecule has 2 aromatic rings. The van der Waals surface area contributed by atoms with E-state index in [0.717, 1.165) is 50.7 Å². The largest absolute Gasteiger partial charge is 0.459 e. The number of nitrogens with one attached hydrogen (secondary N) is 1. The molecule has 1 aromatic heterocycles. The van der Waals surface area contributed by atoms with Crippen molar-refractivity contribution in [1.29, 1.82) is 0 Å². The first kappa shape index (κ1) is 14.6. The van der Waals surface area contributed by atoms with Gasteiger partial charge in [-0.1, -0.05) is 32.0 Å². The molecule has 1 saturated heterocycles. The van der Waals surface area contributed by atoms with E-state index in [-0.39, 0.29) is 0 Å². The lowest BCUT2D eigenvalue weighted by molar-refractivity contribution is 0.0341. The van der Waals surface area contributed by atoms with Crippen LogP contribution >= 0.6 is 0 Å². The average molecular weight is 288 g/mol. The Balaban J connectivity index is 1.87. The van der Waals surface area contributed by atoms with Crippen LogP contribution in [-0.4, -0.2) is 37.2 Å². The van der Waals surface area contributed by atoms with Gasteiger partial charge in [-0.3, -0.25) is 4.90 Å². The smallest absolute Gasteiger partial charge is 0.134 e. The van der Waals surface area contributed by atoms with Crippen molar-refractivity contribution in [2.24, 2.45) is 0 Å². The summed E-state index contributed by atoms with van der Waals surface area (Å²) in [6.07, 6.45) is 0. The van der Waals surface area contributed by atoms with Gasteiger partial charge >= 0.3 is 0 Å². The fraction of sp³-hybridized carbons (Fsp3) is 0.529. The second-order valence-corrected chi connectivity index (χ2v) is 5.92. The highest BCUT2D eigenvalue weighted by Crippen LogP contribution is 2.27. The first-order chi connectivity index (χ1) is 10.2. The average Bonchev–Trinajstić information content (AvgIpc) is 2.84. The Hall–Kier alpha value is -1.36. The lowest BCUT2D eigenvalue weighted by Crippen LogP contribution is -2.36. The molecule has 0 amide bonds. The van der Waals surface area contributed by atoms with Crippen LogP contribution in [0.2, 0.25) is 0 Å². The maximum atomic E-state index is 6.07. The van der Waals surface area contributed by atoms with Crippen LogP contribution in [0, 0.1) is 0 Å². The molecular weight excluding hydrogens is 264 g/mol. The molecule has 21 heavy (non-hydrogen) atoms. The van der Waals surface area contributed by atoms with Crippen molar-refractivity contribution in [2.75, 3.05) is 26.3 Å². The van der Waals surface area contributed by atoms with Crippen molar-refractivity contribution in [3.63, 3.8) is 0 Å². The van der Waals surface area contributed by atoms with Gasteiger partial charge in [0.1, 0.15) is 11.3 Å². The third-order valence-electron chi connectivity index (χ3n) is 3.94. The molecule has 0 aliphatic carbocycles. The Bertz CT molecular complexity index is 585. The number of hydrogen-bond acceptors (Lipinski definition) is 4. The van der Waals surface area contributed by atoms with Crippen molar-refractivity contribution in [2.45, 2.75) is 33.0 Å². The van der Waals surface area contributed by atoms with E-state index in [2.05, 4.69) is 42.3 Å². The summed E-state index contributed by atoms with van der Waals surface area (Å²) in [4.78, 5) is 2.44. The molecule has 114 valence electrons. The number of ether oxygens (including phenoxy) is 1. The van der Waals surface area contributed by atoms with Gasteiger partial charge in [-0.2, -0.15) is 0 Å². The molecule has 0 atom stereocenters. The van der Waals surface area contributed by atoms with Gasteiger partial charge in [0.15, 0.2) is 0 Å². The van der Waals surface area contributed by atoms with Crippen LogP contribution < -0.4 is 5.32 Å². The molecule has 4 nitrogen and oxygen atoms in total. The van der Waals surface area contributed by atoms with Crippen molar-refractivity contribution in [3.05, 3.63) is 35.6 Å². The molecule has 2 heterocycles. The number of benzene rings is 1. The fourth-order valence-corrected chi connectivity index (χ4v) is 2.75. The third-order valence-corrected chi connectivity index (χ3v) is 3.94. The molecule has 1 aliphatic heterocycles. The molecule has 1 N–H and O–H groups in total. The number of rotatable bonds is 5. The van der Waals surface area contributed by atoms with Gasteiger partial charge in [0.05, 0.1) is 19.8 Å². The van der Waals surface area contributed by atoms with E-state index in [4.69, 9.17) is 9.15 Å². The quantitative estimate of drug-likeness (QED) is 0.918. The normalized spacial score (nSPS) is 16.9. The van der Waals surface area contributed by atoms with Crippen LogP contribution in [-0.2, 0) is 17.8 Å². The highest BCUT2D eigenvalue weighted by atomic mass is 16.5. The van der Waals surface area contributed by atoms with Gasteiger partial charge < -0.3 is 14.5 Å². The summed E-state index contributed by atoms with van der Waals surface area (Å²) in [5, 5.41) is 4.70. The first-order valence-corrected chi connectivity index (χ1v) is 7.77. The molecule has 0 bridgehead atoms. The maximum absolute atomic E-state index is 6.07. The molecule has 0 unspecified atom stereocenters. The standard InChI is InChI=1S/C17H24N2O2/c1-13(2)18-11-17-15(12-19-7-9-20-10-8-19)14-5-3-4-6-16(14)21-17/h3-6,13,18H,7-12H2,1-2H3. The Labute approximate surface area is 126 Å². The van der Waals surface area contributed by atoms with Crippen molar-refractivity contribution in [1.82, 2.24) is 10.2 Å². The van der Waals surface area contributed by atoms with Gasteiger partial charge in [0, 0.05) is 36.6 Å². The van der Waals surface area contributed by atoms with Gasteiger partial charge in [0.2, 0.25) is 0 Å². The number of furan rings is 1. The van der Waals surface area contributed by atoms with Crippen molar-refractivity contribution in [3.8, 4) is 0 Å². The summed E-state index contributed by atoms with van der Waals surface area (Å²) in [6, 6.07) is 8.78. The second-order valence-electron chi connectivity index (χ2n) is 5.92. The van der Waals surface area contributed by atoms with Crippen molar-refractivity contribution >= 4 is 11.0 Å². The molecule has 3 rings (SSSR count). The predicted molar refractivity (Wildman–Crippen MR) is 84.3 cm³/mol. The minimum Gasteiger partial charge on any atom is -0.459 e. The summed E-state index contributed by atoms with van der Waals surface area (Å²) in [7, 11) is 0. The van der Waals surface area contributed by atoms with E-state index in [1.807, 2.05) is 6.07 Å². The summed E-state index contributed by atoms with van der Waals surface area (Å²) < 4.78 is 11.5. The van der Waals surface area contributed by atoms with Crippen LogP contribution in [0.4, 0.5) is 0 Å². The van der Waals surface area contributed by atoms with Crippen LogP contribution in [0.1, 0.15) is 25.2 Å². The SMILES string of the molecule is CC(C)NCc1oc2ccccc2c1CN1CCOCC1. The molecule has 0 spiro atoms. The van der Waals surface area contributed by atoms with Gasteiger partial charge in [-0.15, -0.1) is 0 Å². The maximum Gasteiger partial charge on any atom is 0.134 e. The number of morpholine rings is 1. The van der Waals surface area contributed by atoms with E-state index in [9.17, 15) is 0 Å². The van der Waals surface area contributed by atoms with Crippen LogP contribution in [0.25, 0.3) is 11.0 Å². The highest BCUT2D eigenvalue weighted by Gasteiger charge is 2.18. The van der Waals surface area contributed by atoms with E-state index in [0.29, 0.717) is 6.04 Å². The number of hydrogen-bond donors (Lipinski definition) is 1. The lowest BCUT2D eigenvalue weighted by atomic mass is 10.1. The minimum absolute atomic E-state index is 0.453. The molecule has 1 aliphatic rings. The van der Waals surface area contributed by atoms with Gasteiger partial charge in [-0.05, 0) is 6.07 Å². The molecule has 1 aromatic carbocycles. The topological polar surface area (TPSA) is 37.6 Å². The number of para-hydroxylation sites is 1. The first-order valence-electron chi connectivity index (χ1n) is 7.77. The van der Waals surface area contributed by atoms with Gasteiger partial charge in [-0.25, -0.2) is 0 Å². The Morgan fingerprint density at radius 3 is 2.71 bits per heavy atom. The molecule has 0 saturated carbocycles. The molecule has 1 fully saturated rings. The summed E-state index contributed by atoms with van der Waals surface area (Å²) >= 11 is 0. The van der Waals surface area contributed by atoms with E-state index in [1.54, 1.807) is 0 Å². The molecule has 4 heteroatoms. The molecular formula is C17H24N2O2. The number of fused-ring (bicyclic) bond motifs is 1. The predicted octanol–water partition coefficient (Wildman–Crippen LogP) is 2.76. The fourth-order valence-electron chi connectivity index (χ4n) is 2.75. The van der Waals surface area contributed by atoms with Crippen LogP contribution in [0.3, 0.4) is 0 Å². The lowest BCUT2D eigenvalue weighted by Gasteiger charge is -2.26. The molecule has 0 radical (unpaired) electrons. The minimum atomic E-state index is 0.453. The van der Waals surface area contributed by atoms with E-state index >= 15 is 0 Å². The number of nitrogens with zero attached hydrogens (tertiary/aromatic N) is 1. The van der Waals surface area contributed by atoms with Gasteiger partial charge in [0.25, 0.3) is 0 Å².